The maximum atomic E-state index is 12.4. The van der Waals surface area contributed by atoms with Crippen LogP contribution in [0.3, 0.4) is 0 Å². The Kier molecular flexibility index (Phi) is 8.56. The van der Waals surface area contributed by atoms with Crippen LogP contribution in [-0.2, 0) is 9.53 Å². The summed E-state index contributed by atoms with van der Waals surface area (Å²) < 4.78 is 5.96. The summed E-state index contributed by atoms with van der Waals surface area (Å²) in [6.07, 6.45) is 11.0. The van der Waals surface area contributed by atoms with Gasteiger partial charge in [-0.05, 0) is 62.4 Å². The molecule has 2 aliphatic rings. The molecule has 7 atom stereocenters. The lowest BCUT2D eigenvalue weighted by Crippen LogP contribution is -2.40. The van der Waals surface area contributed by atoms with E-state index in [1.165, 1.54) is 5.57 Å². The number of hydrogen-bond donors (Lipinski definition) is 2. The van der Waals surface area contributed by atoms with E-state index in [9.17, 15) is 15.0 Å². The van der Waals surface area contributed by atoms with Gasteiger partial charge >= 0.3 is 5.97 Å². The summed E-state index contributed by atoms with van der Waals surface area (Å²) in [6, 6.07) is 0. The molecule has 4 nitrogen and oxygen atoms in total. The number of esters is 1. The van der Waals surface area contributed by atoms with Crippen LogP contribution in [0.15, 0.2) is 23.8 Å². The van der Waals surface area contributed by atoms with E-state index in [1.54, 1.807) is 0 Å². The predicted octanol–water partition coefficient (Wildman–Crippen LogP) is 4.40. The molecule has 0 aromatic carbocycles. The number of carbonyl (C=O) groups excluding carboxylic acids is 1. The van der Waals surface area contributed by atoms with Crippen molar-refractivity contribution in [3.63, 3.8) is 0 Å². The zero-order chi connectivity index (χ0) is 20.0. The molecule has 0 fully saturated rings. The highest BCUT2D eigenvalue weighted by Gasteiger charge is 2.40. The van der Waals surface area contributed by atoms with E-state index in [1.807, 2.05) is 20.8 Å². The number of aliphatic hydroxyl groups is 2. The van der Waals surface area contributed by atoms with Gasteiger partial charge in [-0.2, -0.15) is 0 Å². The van der Waals surface area contributed by atoms with Crippen molar-refractivity contribution in [2.24, 2.45) is 23.7 Å². The van der Waals surface area contributed by atoms with Gasteiger partial charge < -0.3 is 14.9 Å². The minimum atomic E-state index is -0.477. The first-order chi connectivity index (χ1) is 12.9. The van der Waals surface area contributed by atoms with Crippen molar-refractivity contribution in [2.75, 3.05) is 0 Å². The van der Waals surface area contributed by atoms with Gasteiger partial charge in [-0.3, -0.25) is 4.79 Å². The molecule has 0 unspecified atom stereocenters. The van der Waals surface area contributed by atoms with E-state index in [0.717, 1.165) is 25.7 Å². The fourth-order valence-corrected chi connectivity index (χ4v) is 4.37. The van der Waals surface area contributed by atoms with Gasteiger partial charge in [0.15, 0.2) is 0 Å². The second-order valence-electron chi connectivity index (χ2n) is 8.50. The van der Waals surface area contributed by atoms with Crippen molar-refractivity contribution in [1.29, 1.82) is 0 Å². The molecule has 0 bridgehead atoms. The normalized spacial score (nSPS) is 30.8. The van der Waals surface area contributed by atoms with E-state index >= 15 is 0 Å². The van der Waals surface area contributed by atoms with E-state index in [-0.39, 0.29) is 23.9 Å². The number of allylic oxidation sites excluding steroid dienone is 3. The topological polar surface area (TPSA) is 66.8 Å². The summed E-state index contributed by atoms with van der Waals surface area (Å²) in [4.78, 5) is 12.4. The van der Waals surface area contributed by atoms with Crippen molar-refractivity contribution in [1.82, 2.24) is 0 Å². The average Bonchev–Trinajstić information content (AvgIpc) is 2.66. The Balaban J connectivity index is 2.07. The lowest BCUT2D eigenvalue weighted by atomic mass is 9.66. The molecule has 0 saturated heterocycles. The SMILES string of the molecule is CC[C@H](O)C[C@H](O)CC[C@@H]1[C@@H]2C(=CCC[C@@H]2OC(=O)[C@@H](C)CC)C=C[C@@H]1C. The Morgan fingerprint density at radius 3 is 2.67 bits per heavy atom. The molecule has 27 heavy (non-hydrogen) atoms. The fraction of sp³-hybridized carbons (Fsp3) is 0.783. The first-order valence-corrected chi connectivity index (χ1v) is 10.8. The van der Waals surface area contributed by atoms with Crippen LogP contribution in [0.4, 0.5) is 0 Å². The van der Waals surface area contributed by atoms with Gasteiger partial charge in [-0.1, -0.05) is 45.9 Å². The Morgan fingerprint density at radius 1 is 1.26 bits per heavy atom. The lowest BCUT2D eigenvalue weighted by Gasteiger charge is -2.42. The molecule has 154 valence electrons. The van der Waals surface area contributed by atoms with Crippen LogP contribution in [0, 0.1) is 23.7 Å². The van der Waals surface area contributed by atoms with E-state index in [4.69, 9.17) is 4.74 Å². The third-order valence-corrected chi connectivity index (χ3v) is 6.48. The van der Waals surface area contributed by atoms with Crippen molar-refractivity contribution in [2.45, 2.75) is 91.0 Å². The standard InChI is InChI=1S/C23H38O4/c1-5-15(3)23(26)27-21-9-7-8-17-11-10-16(4)20(22(17)21)13-12-19(25)14-18(24)6-2/h8,10-11,15-16,18-22,24-25H,5-7,9,12-14H2,1-4H3/t15-,16-,18-,19+,20-,21-,22-/m0/s1. The average molecular weight is 379 g/mol. The largest absolute Gasteiger partial charge is 0.461 e. The van der Waals surface area contributed by atoms with Crippen LogP contribution in [0.2, 0.25) is 0 Å². The van der Waals surface area contributed by atoms with Crippen molar-refractivity contribution < 1.29 is 19.7 Å². The molecule has 4 heteroatoms. The zero-order valence-corrected chi connectivity index (χ0v) is 17.4. The van der Waals surface area contributed by atoms with Gasteiger partial charge in [-0.15, -0.1) is 0 Å². The monoisotopic (exact) mass is 378 g/mol. The summed E-state index contributed by atoms with van der Waals surface area (Å²) in [5.74, 6) is 0.806. The van der Waals surface area contributed by atoms with Gasteiger partial charge in [0, 0.05) is 5.92 Å². The molecule has 0 spiro atoms. The highest BCUT2D eigenvalue weighted by atomic mass is 16.5. The number of aliphatic hydroxyl groups excluding tert-OH is 2. The summed E-state index contributed by atoms with van der Waals surface area (Å²) in [7, 11) is 0. The number of hydrogen-bond acceptors (Lipinski definition) is 4. The minimum absolute atomic E-state index is 0.0632. The lowest BCUT2D eigenvalue weighted by molar-refractivity contribution is -0.157. The third kappa shape index (κ3) is 5.92. The van der Waals surface area contributed by atoms with E-state index < -0.39 is 12.2 Å². The molecular formula is C23H38O4. The molecule has 2 N–H and O–H groups in total. The van der Waals surface area contributed by atoms with Crippen molar-refractivity contribution >= 4 is 5.97 Å². The molecule has 0 aromatic heterocycles. The number of carbonyl (C=O) groups is 1. The molecular weight excluding hydrogens is 340 g/mol. The Morgan fingerprint density at radius 2 is 2.00 bits per heavy atom. The Hall–Kier alpha value is -1.13. The summed E-state index contributed by atoms with van der Waals surface area (Å²) >= 11 is 0. The number of ether oxygens (including phenoxy) is 1. The first kappa shape index (κ1) is 22.2. The van der Waals surface area contributed by atoms with Gasteiger partial charge in [-0.25, -0.2) is 0 Å². The smallest absolute Gasteiger partial charge is 0.308 e. The molecule has 0 aromatic rings. The highest BCUT2D eigenvalue weighted by molar-refractivity contribution is 5.72. The van der Waals surface area contributed by atoms with Crippen LogP contribution in [0.25, 0.3) is 0 Å². The van der Waals surface area contributed by atoms with Gasteiger partial charge in [0.2, 0.25) is 0 Å². The van der Waals surface area contributed by atoms with Crippen LogP contribution in [0.5, 0.6) is 0 Å². The van der Waals surface area contributed by atoms with Gasteiger partial charge in [0.05, 0.1) is 18.1 Å². The minimum Gasteiger partial charge on any atom is -0.461 e. The maximum Gasteiger partial charge on any atom is 0.308 e. The molecule has 0 saturated carbocycles. The van der Waals surface area contributed by atoms with Gasteiger partial charge in [0.1, 0.15) is 6.10 Å². The number of rotatable bonds is 9. The predicted molar refractivity (Wildman–Crippen MR) is 108 cm³/mol. The second-order valence-corrected chi connectivity index (χ2v) is 8.50. The molecule has 2 rings (SSSR count). The molecule has 2 aliphatic carbocycles. The van der Waals surface area contributed by atoms with Crippen molar-refractivity contribution in [3.05, 3.63) is 23.8 Å². The van der Waals surface area contributed by atoms with Crippen LogP contribution in [-0.4, -0.2) is 34.5 Å². The fourth-order valence-electron chi connectivity index (χ4n) is 4.37. The van der Waals surface area contributed by atoms with Crippen LogP contribution < -0.4 is 0 Å². The molecule has 0 aliphatic heterocycles. The highest BCUT2D eigenvalue weighted by Crippen LogP contribution is 2.44. The molecule has 0 amide bonds. The summed E-state index contributed by atoms with van der Waals surface area (Å²) in [5, 5.41) is 20.1. The second kappa shape index (κ2) is 10.4. The van der Waals surface area contributed by atoms with Gasteiger partial charge in [0.25, 0.3) is 0 Å². The van der Waals surface area contributed by atoms with Crippen molar-refractivity contribution in [3.8, 4) is 0 Å². The first-order valence-electron chi connectivity index (χ1n) is 10.8. The zero-order valence-electron chi connectivity index (χ0n) is 17.4. The van der Waals surface area contributed by atoms with Crippen LogP contribution in [0.1, 0.15) is 72.6 Å². The third-order valence-electron chi connectivity index (χ3n) is 6.48. The molecule has 0 heterocycles. The van der Waals surface area contributed by atoms with E-state index in [0.29, 0.717) is 31.1 Å². The quantitative estimate of drug-likeness (QED) is 0.583. The molecule has 0 radical (unpaired) electrons. The van der Waals surface area contributed by atoms with Crippen LogP contribution >= 0.6 is 0 Å². The summed E-state index contributed by atoms with van der Waals surface area (Å²) in [5.41, 5.74) is 1.29. The van der Waals surface area contributed by atoms with E-state index in [2.05, 4.69) is 25.2 Å². The number of fused-ring (bicyclic) bond motifs is 1. The maximum absolute atomic E-state index is 12.4. The Labute approximate surface area is 164 Å². The summed E-state index contributed by atoms with van der Waals surface area (Å²) in [6.45, 7) is 8.09. The Bertz CT molecular complexity index is 538.